The molecule has 1 saturated carbocycles. The van der Waals surface area contributed by atoms with Crippen LogP contribution in [0.5, 0.6) is 0 Å². The largest absolute Gasteiger partial charge is 0.319 e. The highest BCUT2D eigenvalue weighted by molar-refractivity contribution is 5.13. The van der Waals surface area contributed by atoms with E-state index in [4.69, 9.17) is 0 Å². The Morgan fingerprint density at radius 1 is 1.29 bits per heavy atom. The molecule has 3 nitrogen and oxygen atoms in total. The van der Waals surface area contributed by atoms with E-state index in [2.05, 4.69) is 22.2 Å². The van der Waals surface area contributed by atoms with E-state index in [0.29, 0.717) is 5.92 Å². The van der Waals surface area contributed by atoms with Gasteiger partial charge in [0.25, 0.3) is 0 Å². The fraction of sp³-hybridized carbons (Fsp3) is 0.714. The van der Waals surface area contributed by atoms with Crippen molar-refractivity contribution in [2.24, 2.45) is 11.8 Å². The lowest BCUT2D eigenvalue weighted by molar-refractivity contribution is 0.228. The van der Waals surface area contributed by atoms with Crippen molar-refractivity contribution in [1.82, 2.24) is 15.3 Å². The number of hydrogen-bond donors (Lipinski definition) is 1. The van der Waals surface area contributed by atoms with Crippen LogP contribution in [0.4, 0.5) is 0 Å². The molecule has 0 aromatic carbocycles. The van der Waals surface area contributed by atoms with Crippen molar-refractivity contribution >= 4 is 0 Å². The average Bonchev–Trinajstić information content (AvgIpc) is 2.40. The van der Waals surface area contributed by atoms with Gasteiger partial charge in [0.1, 0.15) is 6.33 Å². The lowest BCUT2D eigenvalue weighted by Gasteiger charge is -2.36. The lowest BCUT2D eigenvalue weighted by atomic mass is 9.71. The zero-order valence-corrected chi connectivity index (χ0v) is 10.9. The molecule has 17 heavy (non-hydrogen) atoms. The highest BCUT2D eigenvalue weighted by Gasteiger charge is 2.30. The van der Waals surface area contributed by atoms with Gasteiger partial charge in [0.05, 0.1) is 0 Å². The Kier molecular flexibility index (Phi) is 4.49. The first kappa shape index (κ1) is 12.5. The summed E-state index contributed by atoms with van der Waals surface area (Å²) >= 11 is 0. The molecule has 3 unspecified atom stereocenters. The van der Waals surface area contributed by atoms with Crippen LogP contribution in [0.1, 0.15) is 44.1 Å². The van der Waals surface area contributed by atoms with Crippen molar-refractivity contribution < 1.29 is 0 Å². The van der Waals surface area contributed by atoms with Gasteiger partial charge in [-0.2, -0.15) is 0 Å². The van der Waals surface area contributed by atoms with Crippen LogP contribution >= 0.6 is 0 Å². The topological polar surface area (TPSA) is 37.8 Å². The number of rotatable bonds is 4. The molecule has 0 aliphatic heterocycles. The van der Waals surface area contributed by atoms with Gasteiger partial charge in [0.15, 0.2) is 0 Å². The van der Waals surface area contributed by atoms with Crippen LogP contribution in [0.15, 0.2) is 18.7 Å². The number of aromatic nitrogens is 2. The van der Waals surface area contributed by atoms with Crippen LogP contribution in [-0.4, -0.2) is 23.6 Å². The van der Waals surface area contributed by atoms with Crippen LogP contribution in [0.2, 0.25) is 0 Å². The molecule has 0 saturated heterocycles. The first-order valence-electron chi connectivity index (χ1n) is 6.74. The monoisotopic (exact) mass is 233 g/mol. The second-order valence-corrected chi connectivity index (χ2v) is 5.18. The molecule has 1 aromatic rings. The smallest absolute Gasteiger partial charge is 0.115 e. The van der Waals surface area contributed by atoms with Crippen LogP contribution < -0.4 is 5.32 Å². The van der Waals surface area contributed by atoms with Crippen molar-refractivity contribution in [1.29, 1.82) is 0 Å². The summed E-state index contributed by atoms with van der Waals surface area (Å²) < 4.78 is 0. The first-order valence-corrected chi connectivity index (χ1v) is 6.74. The molecule has 0 bridgehead atoms. The standard InChI is InChI=1S/C14H23N3/c1-3-11-4-5-12(7-15-2)14(6-11)13-8-16-10-17-9-13/h8-12,14-15H,3-7H2,1-2H3. The summed E-state index contributed by atoms with van der Waals surface area (Å²) in [6.07, 6.45) is 10.9. The maximum atomic E-state index is 4.17. The normalized spacial score (nSPS) is 29.2. The van der Waals surface area contributed by atoms with E-state index in [1.165, 1.54) is 31.2 Å². The van der Waals surface area contributed by atoms with Gasteiger partial charge in [0, 0.05) is 12.4 Å². The first-order chi connectivity index (χ1) is 8.35. The van der Waals surface area contributed by atoms with E-state index in [-0.39, 0.29) is 0 Å². The van der Waals surface area contributed by atoms with E-state index in [1.54, 1.807) is 6.33 Å². The maximum absolute atomic E-state index is 4.17. The van der Waals surface area contributed by atoms with Crippen molar-refractivity contribution in [3.8, 4) is 0 Å². The molecule has 0 amide bonds. The molecule has 1 heterocycles. The van der Waals surface area contributed by atoms with Crippen molar-refractivity contribution in [2.75, 3.05) is 13.6 Å². The summed E-state index contributed by atoms with van der Waals surface area (Å²) in [5, 5.41) is 3.33. The minimum atomic E-state index is 0.641. The molecule has 1 aliphatic carbocycles. The van der Waals surface area contributed by atoms with Gasteiger partial charge in [-0.15, -0.1) is 0 Å². The molecule has 1 fully saturated rings. The predicted molar refractivity (Wildman–Crippen MR) is 69.8 cm³/mol. The molecule has 3 atom stereocenters. The molecule has 0 radical (unpaired) electrons. The molecule has 3 heteroatoms. The number of nitrogens with one attached hydrogen (secondary N) is 1. The number of nitrogens with zero attached hydrogens (tertiary/aromatic N) is 2. The Bertz CT molecular complexity index is 325. The SMILES string of the molecule is CCC1CCC(CNC)C(c2cncnc2)C1. The third kappa shape index (κ3) is 3.03. The summed E-state index contributed by atoms with van der Waals surface area (Å²) in [5.41, 5.74) is 1.32. The fourth-order valence-electron chi connectivity index (χ4n) is 3.11. The van der Waals surface area contributed by atoms with E-state index in [0.717, 1.165) is 18.4 Å². The second kappa shape index (κ2) is 6.10. The molecule has 1 aliphatic rings. The minimum absolute atomic E-state index is 0.641. The van der Waals surface area contributed by atoms with E-state index in [1.807, 2.05) is 19.4 Å². The summed E-state index contributed by atoms with van der Waals surface area (Å²) in [6.45, 7) is 3.41. The van der Waals surface area contributed by atoms with Crippen LogP contribution in [0.3, 0.4) is 0 Å². The maximum Gasteiger partial charge on any atom is 0.115 e. The van der Waals surface area contributed by atoms with E-state index < -0.39 is 0 Å². The zero-order chi connectivity index (χ0) is 12.1. The highest BCUT2D eigenvalue weighted by Crippen LogP contribution is 2.40. The Hall–Kier alpha value is -0.960. The summed E-state index contributed by atoms with van der Waals surface area (Å²) in [5.74, 6) is 2.27. The Morgan fingerprint density at radius 3 is 2.71 bits per heavy atom. The average molecular weight is 233 g/mol. The summed E-state index contributed by atoms with van der Waals surface area (Å²) in [6, 6.07) is 0. The molecule has 94 valence electrons. The van der Waals surface area contributed by atoms with Crippen LogP contribution in [-0.2, 0) is 0 Å². The third-order valence-corrected chi connectivity index (χ3v) is 4.15. The molecular formula is C14H23N3. The van der Waals surface area contributed by atoms with Gasteiger partial charge in [-0.3, -0.25) is 0 Å². The minimum Gasteiger partial charge on any atom is -0.319 e. The fourth-order valence-corrected chi connectivity index (χ4v) is 3.11. The van der Waals surface area contributed by atoms with Gasteiger partial charge in [-0.05, 0) is 49.8 Å². The van der Waals surface area contributed by atoms with E-state index in [9.17, 15) is 0 Å². The molecule has 1 aromatic heterocycles. The highest BCUT2D eigenvalue weighted by atomic mass is 14.8. The van der Waals surface area contributed by atoms with Crippen molar-refractivity contribution in [3.63, 3.8) is 0 Å². The third-order valence-electron chi connectivity index (χ3n) is 4.15. The van der Waals surface area contributed by atoms with Gasteiger partial charge in [0.2, 0.25) is 0 Å². The summed E-state index contributed by atoms with van der Waals surface area (Å²) in [7, 11) is 2.05. The molecular weight excluding hydrogens is 210 g/mol. The van der Waals surface area contributed by atoms with Gasteiger partial charge >= 0.3 is 0 Å². The van der Waals surface area contributed by atoms with Gasteiger partial charge in [-0.25, -0.2) is 9.97 Å². The summed E-state index contributed by atoms with van der Waals surface area (Å²) in [4.78, 5) is 8.35. The van der Waals surface area contributed by atoms with Gasteiger partial charge in [-0.1, -0.05) is 19.8 Å². The van der Waals surface area contributed by atoms with E-state index >= 15 is 0 Å². The van der Waals surface area contributed by atoms with Crippen LogP contribution in [0.25, 0.3) is 0 Å². The van der Waals surface area contributed by atoms with Gasteiger partial charge < -0.3 is 5.32 Å². The Labute approximate surface area is 104 Å². The van der Waals surface area contributed by atoms with Crippen LogP contribution in [0, 0.1) is 11.8 Å². The van der Waals surface area contributed by atoms with Crippen molar-refractivity contribution in [3.05, 3.63) is 24.3 Å². The predicted octanol–water partition coefficient (Wildman–Crippen LogP) is 2.61. The second-order valence-electron chi connectivity index (χ2n) is 5.18. The Morgan fingerprint density at radius 2 is 2.06 bits per heavy atom. The lowest BCUT2D eigenvalue weighted by Crippen LogP contribution is -2.30. The molecule has 2 rings (SSSR count). The molecule has 0 spiro atoms. The van der Waals surface area contributed by atoms with Crippen molar-refractivity contribution in [2.45, 2.75) is 38.5 Å². The Balaban J connectivity index is 2.13. The quantitative estimate of drug-likeness (QED) is 0.868. The molecule has 1 N–H and O–H groups in total. The number of hydrogen-bond acceptors (Lipinski definition) is 3. The zero-order valence-electron chi connectivity index (χ0n) is 10.9.